The zero-order chi connectivity index (χ0) is 12.9. The zero-order valence-electron chi connectivity index (χ0n) is 9.40. The zero-order valence-corrected chi connectivity index (χ0v) is 12.5. The maximum absolute atomic E-state index is 12.5. The van der Waals surface area contributed by atoms with Gasteiger partial charge in [0.2, 0.25) is 10.0 Å². The SMILES string of the molecule is O=S(=O)(c1cc(Cl)sc1Cl)N1CC2CNCC2C1. The number of thiophene rings is 1. The Kier molecular flexibility index (Phi) is 3.37. The molecular formula is C10H12Cl2N2O2S2. The van der Waals surface area contributed by atoms with Crippen molar-refractivity contribution in [3.05, 3.63) is 14.7 Å². The third-order valence-electron chi connectivity index (χ3n) is 3.60. The normalized spacial score (nSPS) is 28.8. The molecule has 4 nitrogen and oxygen atoms in total. The van der Waals surface area contributed by atoms with Gasteiger partial charge in [-0.1, -0.05) is 23.2 Å². The van der Waals surface area contributed by atoms with E-state index in [1.807, 2.05) is 0 Å². The summed E-state index contributed by atoms with van der Waals surface area (Å²) in [5, 5.41) is 3.28. The summed E-state index contributed by atoms with van der Waals surface area (Å²) in [6.07, 6.45) is 0. The molecule has 1 aromatic rings. The predicted octanol–water partition coefficient (Wildman–Crippen LogP) is 1.89. The van der Waals surface area contributed by atoms with Crippen LogP contribution in [0.3, 0.4) is 0 Å². The molecule has 2 aliphatic heterocycles. The lowest BCUT2D eigenvalue weighted by atomic mass is 10.0. The Morgan fingerprint density at radius 2 is 1.89 bits per heavy atom. The van der Waals surface area contributed by atoms with Crippen LogP contribution in [-0.2, 0) is 10.0 Å². The van der Waals surface area contributed by atoms with Gasteiger partial charge in [-0.2, -0.15) is 4.31 Å². The first-order valence-electron chi connectivity index (χ1n) is 5.64. The Labute approximate surface area is 120 Å². The highest BCUT2D eigenvalue weighted by atomic mass is 35.5. The molecule has 2 atom stereocenters. The molecule has 0 saturated carbocycles. The van der Waals surface area contributed by atoms with Gasteiger partial charge in [0.05, 0.1) is 4.34 Å². The van der Waals surface area contributed by atoms with Gasteiger partial charge in [-0.05, 0) is 31.0 Å². The van der Waals surface area contributed by atoms with Crippen molar-refractivity contribution in [3.63, 3.8) is 0 Å². The molecule has 2 saturated heterocycles. The number of fused-ring (bicyclic) bond motifs is 1. The first-order valence-corrected chi connectivity index (χ1v) is 8.65. The van der Waals surface area contributed by atoms with Crippen LogP contribution >= 0.6 is 34.5 Å². The van der Waals surface area contributed by atoms with Crippen LogP contribution in [0.1, 0.15) is 0 Å². The lowest BCUT2D eigenvalue weighted by Gasteiger charge is -2.16. The number of rotatable bonds is 2. The smallest absolute Gasteiger partial charge is 0.245 e. The molecule has 0 aromatic carbocycles. The average Bonchev–Trinajstić information content (AvgIpc) is 2.90. The Hall–Kier alpha value is 0.150. The molecule has 3 heterocycles. The van der Waals surface area contributed by atoms with Gasteiger partial charge < -0.3 is 5.32 Å². The van der Waals surface area contributed by atoms with Gasteiger partial charge in [0.15, 0.2) is 0 Å². The molecule has 1 aromatic heterocycles. The molecule has 2 unspecified atom stereocenters. The largest absolute Gasteiger partial charge is 0.316 e. The highest BCUT2D eigenvalue weighted by molar-refractivity contribution is 7.89. The number of nitrogens with one attached hydrogen (secondary N) is 1. The molecule has 8 heteroatoms. The number of sulfonamides is 1. The summed E-state index contributed by atoms with van der Waals surface area (Å²) in [6, 6.07) is 1.44. The van der Waals surface area contributed by atoms with Gasteiger partial charge in [0.25, 0.3) is 0 Å². The van der Waals surface area contributed by atoms with Crippen LogP contribution in [0.4, 0.5) is 0 Å². The van der Waals surface area contributed by atoms with Crippen molar-refractivity contribution in [3.8, 4) is 0 Å². The van der Waals surface area contributed by atoms with Crippen LogP contribution < -0.4 is 5.32 Å². The predicted molar refractivity (Wildman–Crippen MR) is 72.9 cm³/mol. The highest BCUT2D eigenvalue weighted by Gasteiger charge is 2.42. The minimum absolute atomic E-state index is 0.145. The van der Waals surface area contributed by atoms with E-state index in [2.05, 4.69) is 5.32 Å². The lowest BCUT2D eigenvalue weighted by molar-refractivity contribution is 0.448. The first-order chi connectivity index (χ1) is 8.48. The summed E-state index contributed by atoms with van der Waals surface area (Å²) in [5.41, 5.74) is 0. The van der Waals surface area contributed by atoms with Crippen LogP contribution in [0, 0.1) is 11.8 Å². The van der Waals surface area contributed by atoms with Crippen LogP contribution in [0.25, 0.3) is 0 Å². The van der Waals surface area contributed by atoms with E-state index in [1.165, 1.54) is 10.4 Å². The summed E-state index contributed by atoms with van der Waals surface area (Å²) >= 11 is 12.8. The van der Waals surface area contributed by atoms with Crippen molar-refractivity contribution in [1.29, 1.82) is 0 Å². The minimum atomic E-state index is -3.49. The maximum atomic E-state index is 12.5. The Morgan fingerprint density at radius 1 is 1.28 bits per heavy atom. The van der Waals surface area contributed by atoms with Crippen LogP contribution in [0.5, 0.6) is 0 Å². The molecule has 2 fully saturated rings. The van der Waals surface area contributed by atoms with E-state index in [0.717, 1.165) is 24.4 Å². The summed E-state index contributed by atoms with van der Waals surface area (Å²) < 4.78 is 27.1. The summed E-state index contributed by atoms with van der Waals surface area (Å²) in [5.74, 6) is 0.848. The molecule has 100 valence electrons. The van der Waals surface area contributed by atoms with Gasteiger partial charge in [-0.25, -0.2) is 8.42 Å². The first kappa shape index (κ1) is 13.1. The molecule has 0 bridgehead atoms. The number of hydrogen-bond donors (Lipinski definition) is 1. The quantitative estimate of drug-likeness (QED) is 0.903. The van der Waals surface area contributed by atoms with Crippen LogP contribution in [0.2, 0.25) is 8.67 Å². The van der Waals surface area contributed by atoms with Crippen molar-refractivity contribution in [2.45, 2.75) is 4.90 Å². The molecule has 1 N–H and O–H groups in total. The molecule has 0 spiro atoms. The Balaban J connectivity index is 1.90. The molecule has 0 amide bonds. The molecule has 0 radical (unpaired) electrons. The van der Waals surface area contributed by atoms with Crippen LogP contribution in [0.15, 0.2) is 11.0 Å². The molecule has 18 heavy (non-hydrogen) atoms. The van der Waals surface area contributed by atoms with Gasteiger partial charge in [0, 0.05) is 13.1 Å². The van der Waals surface area contributed by atoms with E-state index in [-0.39, 0.29) is 9.23 Å². The third-order valence-corrected chi connectivity index (χ3v) is 7.18. The summed E-state index contributed by atoms with van der Waals surface area (Å²) in [6.45, 7) is 2.94. The second-order valence-corrected chi connectivity index (χ2v) is 8.88. The topological polar surface area (TPSA) is 49.4 Å². The molecule has 2 aliphatic rings. The maximum Gasteiger partial charge on any atom is 0.245 e. The fraction of sp³-hybridized carbons (Fsp3) is 0.600. The fourth-order valence-corrected chi connectivity index (χ4v) is 6.32. The van der Waals surface area contributed by atoms with Gasteiger partial charge in [-0.3, -0.25) is 0 Å². The van der Waals surface area contributed by atoms with Gasteiger partial charge in [0.1, 0.15) is 9.23 Å². The number of hydrogen-bond acceptors (Lipinski definition) is 4. The molecule has 3 rings (SSSR count). The second-order valence-electron chi connectivity index (χ2n) is 4.69. The van der Waals surface area contributed by atoms with Crippen molar-refractivity contribution >= 4 is 44.6 Å². The fourth-order valence-electron chi connectivity index (χ4n) is 2.65. The minimum Gasteiger partial charge on any atom is -0.316 e. The number of nitrogens with zero attached hydrogens (tertiary/aromatic N) is 1. The van der Waals surface area contributed by atoms with Gasteiger partial charge in [-0.15, -0.1) is 11.3 Å². The summed E-state index contributed by atoms with van der Waals surface area (Å²) in [7, 11) is -3.49. The monoisotopic (exact) mass is 326 g/mol. The Bertz CT molecular complexity index is 560. The highest BCUT2D eigenvalue weighted by Crippen LogP contribution is 2.38. The molecule has 0 aliphatic carbocycles. The van der Waals surface area contributed by atoms with Crippen molar-refractivity contribution in [1.82, 2.24) is 9.62 Å². The van der Waals surface area contributed by atoms with E-state index in [9.17, 15) is 8.42 Å². The standard InChI is InChI=1S/C10H12Cl2N2O2S2/c11-9-1-8(10(12)17-9)18(15,16)14-4-6-2-13-3-7(6)5-14/h1,6-7,13H,2-5H2. The average molecular weight is 327 g/mol. The number of halogens is 2. The van der Waals surface area contributed by atoms with E-state index in [4.69, 9.17) is 23.2 Å². The van der Waals surface area contributed by atoms with Crippen molar-refractivity contribution in [2.24, 2.45) is 11.8 Å². The van der Waals surface area contributed by atoms with E-state index in [0.29, 0.717) is 29.3 Å². The second kappa shape index (κ2) is 4.61. The van der Waals surface area contributed by atoms with E-state index in [1.54, 1.807) is 0 Å². The van der Waals surface area contributed by atoms with Crippen molar-refractivity contribution in [2.75, 3.05) is 26.2 Å². The summed E-state index contributed by atoms with van der Waals surface area (Å²) in [4.78, 5) is 0.145. The Morgan fingerprint density at radius 3 is 2.39 bits per heavy atom. The third kappa shape index (κ3) is 2.09. The van der Waals surface area contributed by atoms with Gasteiger partial charge >= 0.3 is 0 Å². The van der Waals surface area contributed by atoms with E-state index < -0.39 is 10.0 Å². The van der Waals surface area contributed by atoms with Crippen molar-refractivity contribution < 1.29 is 8.42 Å². The van der Waals surface area contributed by atoms with E-state index >= 15 is 0 Å². The molecular weight excluding hydrogens is 315 g/mol. The lowest BCUT2D eigenvalue weighted by Crippen LogP contribution is -2.31. The van der Waals surface area contributed by atoms with Crippen LogP contribution in [-0.4, -0.2) is 38.9 Å².